The second-order valence-corrected chi connectivity index (χ2v) is 3.87. The second-order valence-electron chi connectivity index (χ2n) is 3.87. The van der Waals surface area contributed by atoms with Gasteiger partial charge in [0.25, 0.3) is 5.78 Å². The number of hydrogen-bond donors (Lipinski definition) is 4. The summed E-state index contributed by atoms with van der Waals surface area (Å²) in [5, 5.41) is 39.2. The van der Waals surface area contributed by atoms with Gasteiger partial charge in [-0.2, -0.15) is 0 Å². The minimum absolute atomic E-state index is 0.543. The lowest BCUT2D eigenvalue weighted by atomic mass is 9.90. The number of rotatable bonds is 2. The lowest BCUT2D eigenvalue weighted by Gasteiger charge is -2.20. The number of carbonyl (C=O) groups excluding carboxylic acids is 2. The highest BCUT2D eigenvalue weighted by Gasteiger charge is 2.41. The lowest BCUT2D eigenvalue weighted by Crippen LogP contribution is -2.25. The molecule has 20 heavy (non-hydrogen) atoms. The Balaban J connectivity index is 2.97. The van der Waals surface area contributed by atoms with Crippen molar-refractivity contribution in [3.05, 3.63) is 16.9 Å². The van der Waals surface area contributed by atoms with Gasteiger partial charge in [0.15, 0.2) is 17.3 Å². The molecule has 0 unspecified atom stereocenters. The Kier molecular flexibility index (Phi) is 2.93. The first-order valence-corrected chi connectivity index (χ1v) is 5.28. The summed E-state index contributed by atoms with van der Waals surface area (Å²) in [5.74, 6) is -7.20. The van der Waals surface area contributed by atoms with Crippen LogP contribution in [0.3, 0.4) is 0 Å². The van der Waals surface area contributed by atoms with Gasteiger partial charge in [-0.05, 0) is 0 Å². The van der Waals surface area contributed by atoms with Crippen LogP contribution in [0, 0.1) is 0 Å². The zero-order valence-corrected chi connectivity index (χ0v) is 10.4. The number of carbonyl (C=O) groups is 2. The van der Waals surface area contributed by atoms with Crippen LogP contribution < -0.4 is 4.74 Å². The zero-order valence-electron chi connectivity index (χ0n) is 10.4. The van der Waals surface area contributed by atoms with E-state index in [1.54, 1.807) is 0 Å². The van der Waals surface area contributed by atoms with Crippen LogP contribution in [0.5, 0.6) is 23.0 Å². The maximum absolute atomic E-state index is 11.9. The summed E-state index contributed by atoms with van der Waals surface area (Å²) < 4.78 is 9.28. The van der Waals surface area contributed by atoms with Crippen molar-refractivity contribution >= 4 is 17.3 Å². The van der Waals surface area contributed by atoms with Gasteiger partial charge in [-0.15, -0.1) is 0 Å². The van der Waals surface area contributed by atoms with Gasteiger partial charge in [-0.25, -0.2) is 0 Å². The van der Waals surface area contributed by atoms with Crippen molar-refractivity contribution < 1.29 is 39.5 Å². The summed E-state index contributed by atoms with van der Waals surface area (Å²) in [6, 6.07) is 0. The smallest absolute Gasteiger partial charge is 0.272 e. The number of aliphatic hydroxyl groups excluding tert-OH is 1. The Morgan fingerprint density at radius 2 is 1.35 bits per heavy atom. The molecule has 8 nitrogen and oxygen atoms in total. The molecule has 1 aromatic carbocycles. The van der Waals surface area contributed by atoms with Gasteiger partial charge in [0.2, 0.25) is 23.0 Å². The Hall–Kier alpha value is -2.90. The highest BCUT2D eigenvalue weighted by molar-refractivity contribution is 6.52. The van der Waals surface area contributed by atoms with Gasteiger partial charge >= 0.3 is 0 Å². The molecule has 0 amide bonds. The maximum atomic E-state index is 11.9. The second kappa shape index (κ2) is 4.34. The van der Waals surface area contributed by atoms with E-state index < -0.39 is 57.2 Å². The molecule has 0 aliphatic heterocycles. The number of phenols is 3. The van der Waals surface area contributed by atoms with Crippen LogP contribution in [-0.4, -0.2) is 46.2 Å². The summed E-state index contributed by atoms with van der Waals surface area (Å²) in [7, 11) is 2.14. The summed E-state index contributed by atoms with van der Waals surface area (Å²) in [6.45, 7) is 0. The summed E-state index contributed by atoms with van der Waals surface area (Å²) in [6.07, 6.45) is 0. The van der Waals surface area contributed by atoms with Crippen LogP contribution in [0.4, 0.5) is 0 Å². The van der Waals surface area contributed by atoms with E-state index in [0.29, 0.717) is 0 Å². The van der Waals surface area contributed by atoms with Gasteiger partial charge in [0, 0.05) is 0 Å². The SMILES string of the molecule is COC1=C(O)c2c(O)c(OC)c(O)c(O)c2C(=O)C1=O. The van der Waals surface area contributed by atoms with Crippen molar-refractivity contribution in [2.24, 2.45) is 0 Å². The minimum Gasteiger partial charge on any atom is -0.504 e. The molecule has 0 aromatic heterocycles. The number of methoxy groups -OCH3 is 2. The van der Waals surface area contributed by atoms with Crippen LogP contribution in [0.2, 0.25) is 0 Å². The topological polar surface area (TPSA) is 134 Å². The van der Waals surface area contributed by atoms with Crippen LogP contribution in [-0.2, 0) is 9.53 Å². The molecule has 8 heteroatoms. The number of benzene rings is 1. The van der Waals surface area contributed by atoms with Crippen molar-refractivity contribution in [2.75, 3.05) is 14.2 Å². The van der Waals surface area contributed by atoms with E-state index >= 15 is 0 Å². The van der Waals surface area contributed by atoms with Crippen molar-refractivity contribution in [1.82, 2.24) is 0 Å². The van der Waals surface area contributed by atoms with Gasteiger partial charge in [-0.3, -0.25) is 9.59 Å². The van der Waals surface area contributed by atoms with E-state index in [4.69, 9.17) is 0 Å². The molecule has 0 bridgehead atoms. The molecular weight excluding hydrogens is 272 g/mol. The van der Waals surface area contributed by atoms with Gasteiger partial charge in [-0.1, -0.05) is 0 Å². The molecule has 4 N–H and O–H groups in total. The Labute approximate surface area is 112 Å². The van der Waals surface area contributed by atoms with Crippen LogP contribution in [0.15, 0.2) is 5.76 Å². The molecule has 1 aliphatic rings. The van der Waals surface area contributed by atoms with Crippen molar-refractivity contribution in [1.29, 1.82) is 0 Å². The molecule has 2 rings (SSSR count). The molecular formula is C12H10O8. The number of fused-ring (bicyclic) bond motifs is 1. The van der Waals surface area contributed by atoms with E-state index in [2.05, 4.69) is 9.47 Å². The molecule has 0 fully saturated rings. The summed E-state index contributed by atoms with van der Waals surface area (Å²) in [4.78, 5) is 23.5. The molecule has 0 radical (unpaired) electrons. The van der Waals surface area contributed by atoms with E-state index in [-0.39, 0.29) is 0 Å². The third kappa shape index (κ3) is 1.48. The van der Waals surface area contributed by atoms with E-state index in [1.165, 1.54) is 0 Å². The minimum atomic E-state index is -1.24. The van der Waals surface area contributed by atoms with E-state index in [1.807, 2.05) is 0 Å². The predicted molar refractivity (Wildman–Crippen MR) is 63.9 cm³/mol. The first-order valence-electron chi connectivity index (χ1n) is 5.28. The van der Waals surface area contributed by atoms with E-state index in [0.717, 1.165) is 14.2 Å². The third-order valence-electron chi connectivity index (χ3n) is 2.88. The lowest BCUT2D eigenvalue weighted by molar-refractivity contribution is -0.114. The molecule has 106 valence electrons. The fraction of sp³-hybridized carbons (Fsp3) is 0.167. The number of aliphatic hydroxyl groups is 1. The van der Waals surface area contributed by atoms with Crippen molar-refractivity contribution in [3.8, 4) is 23.0 Å². The molecule has 0 heterocycles. The van der Waals surface area contributed by atoms with Gasteiger partial charge in [0.1, 0.15) is 0 Å². The van der Waals surface area contributed by atoms with E-state index in [9.17, 15) is 30.0 Å². The molecule has 1 aliphatic carbocycles. The summed E-state index contributed by atoms with van der Waals surface area (Å²) in [5.41, 5.74) is -1.26. The molecule has 0 atom stereocenters. The van der Waals surface area contributed by atoms with Gasteiger partial charge < -0.3 is 29.9 Å². The average molecular weight is 282 g/mol. The maximum Gasteiger partial charge on any atom is 0.272 e. The molecule has 0 saturated carbocycles. The number of Topliss-reactive ketones (excluding diaryl/α,β-unsaturated/α-hetero) is 2. The predicted octanol–water partition coefficient (Wildman–Crippen LogP) is 0.450. The molecule has 0 spiro atoms. The fourth-order valence-corrected chi connectivity index (χ4v) is 1.96. The Morgan fingerprint density at radius 1 is 0.750 bits per heavy atom. The number of ether oxygens (including phenoxy) is 2. The zero-order chi connectivity index (χ0) is 15.2. The van der Waals surface area contributed by atoms with Crippen molar-refractivity contribution in [3.63, 3.8) is 0 Å². The number of phenolic OH excluding ortho intramolecular Hbond substituents is 3. The number of aromatic hydroxyl groups is 3. The molecule has 1 aromatic rings. The van der Waals surface area contributed by atoms with Crippen LogP contribution >= 0.6 is 0 Å². The Bertz CT molecular complexity index is 671. The highest BCUT2D eigenvalue weighted by atomic mass is 16.5. The summed E-state index contributed by atoms with van der Waals surface area (Å²) >= 11 is 0. The highest BCUT2D eigenvalue weighted by Crippen LogP contribution is 2.51. The number of ketones is 2. The average Bonchev–Trinajstić information content (AvgIpc) is 2.41. The first kappa shape index (κ1) is 13.5. The largest absolute Gasteiger partial charge is 0.504 e. The van der Waals surface area contributed by atoms with Gasteiger partial charge in [0.05, 0.1) is 25.3 Å². The Morgan fingerprint density at radius 3 is 1.85 bits per heavy atom. The van der Waals surface area contributed by atoms with Crippen LogP contribution in [0.1, 0.15) is 15.9 Å². The normalized spacial score (nSPS) is 14.3. The third-order valence-corrected chi connectivity index (χ3v) is 2.88. The first-order chi connectivity index (χ1) is 9.36. The number of allylic oxidation sites excluding steroid dienone is 1. The standard InChI is InChI=1S/C12H10O8/c1-19-11-7(15)4-3(5(13)9(11)17)6(14)10(18)12(20-2)8(4)16/h13,15-17H,1-2H3. The van der Waals surface area contributed by atoms with Crippen LogP contribution in [0.25, 0.3) is 5.76 Å². The number of hydrogen-bond acceptors (Lipinski definition) is 8. The van der Waals surface area contributed by atoms with Crippen molar-refractivity contribution in [2.45, 2.75) is 0 Å². The molecule has 0 saturated heterocycles. The quantitative estimate of drug-likeness (QED) is 0.349. The fourth-order valence-electron chi connectivity index (χ4n) is 1.96. The monoisotopic (exact) mass is 282 g/mol.